The van der Waals surface area contributed by atoms with Gasteiger partial charge in [0.15, 0.2) is 0 Å². The van der Waals surface area contributed by atoms with Gasteiger partial charge in [0.25, 0.3) is 0 Å². The van der Waals surface area contributed by atoms with Crippen LogP contribution in [-0.4, -0.2) is 25.9 Å². The van der Waals surface area contributed by atoms with Crippen molar-refractivity contribution in [3.8, 4) is 0 Å². The van der Waals surface area contributed by atoms with Gasteiger partial charge in [0.1, 0.15) is 6.26 Å². The van der Waals surface area contributed by atoms with Crippen LogP contribution in [0.3, 0.4) is 0 Å². The number of nitrogens with zero attached hydrogens (tertiary/aromatic N) is 1. The highest BCUT2D eigenvalue weighted by molar-refractivity contribution is 5.53. The molecule has 1 unspecified atom stereocenters. The van der Waals surface area contributed by atoms with Gasteiger partial charge in [0.05, 0.1) is 6.61 Å². The monoisotopic (exact) mass is 252 g/mol. The van der Waals surface area contributed by atoms with Crippen molar-refractivity contribution in [2.75, 3.05) is 19.7 Å². The Balaban J connectivity index is 2.36. The summed E-state index contributed by atoms with van der Waals surface area (Å²) in [6.45, 7) is 6.99. The summed E-state index contributed by atoms with van der Waals surface area (Å²) in [6.07, 6.45) is 11.1. The van der Waals surface area contributed by atoms with Gasteiger partial charge in [-0.2, -0.15) is 0 Å². The fourth-order valence-electron chi connectivity index (χ4n) is 2.38. The molecule has 3 nitrogen and oxygen atoms in total. The van der Waals surface area contributed by atoms with Crippen molar-refractivity contribution in [3.63, 3.8) is 0 Å². The normalized spacial score (nSPS) is 25.0. The summed E-state index contributed by atoms with van der Waals surface area (Å²) in [4.78, 5) is 4.24. The zero-order valence-electron chi connectivity index (χ0n) is 12.0. The summed E-state index contributed by atoms with van der Waals surface area (Å²) in [5.74, 6) is 0.844. The van der Waals surface area contributed by atoms with Crippen molar-refractivity contribution in [1.82, 2.24) is 5.32 Å². The van der Waals surface area contributed by atoms with E-state index in [2.05, 4.69) is 17.2 Å². The van der Waals surface area contributed by atoms with Gasteiger partial charge in [-0.05, 0) is 38.3 Å². The zero-order valence-corrected chi connectivity index (χ0v) is 12.0. The van der Waals surface area contributed by atoms with E-state index in [1.807, 2.05) is 19.4 Å². The summed E-state index contributed by atoms with van der Waals surface area (Å²) < 4.78 is 5.65. The van der Waals surface area contributed by atoms with Gasteiger partial charge < -0.3 is 10.1 Å². The van der Waals surface area contributed by atoms with Crippen LogP contribution in [-0.2, 0) is 4.74 Å². The molecule has 1 heterocycles. The number of rotatable bonds is 5. The minimum atomic E-state index is 0.844. The molecule has 0 amide bonds. The fraction of sp³-hybridized carbons (Fsp3) is 0.800. The number of aliphatic imine (C=N–C) groups is 1. The zero-order chi connectivity index (χ0) is 13.1. The third-order valence-electron chi connectivity index (χ3n) is 3.40. The average molecular weight is 252 g/mol. The van der Waals surface area contributed by atoms with Crippen molar-refractivity contribution in [1.29, 1.82) is 0 Å². The highest BCUT2D eigenvalue weighted by Crippen LogP contribution is 2.18. The molecule has 0 fully saturated rings. The quantitative estimate of drug-likeness (QED) is 0.760. The molecule has 1 atom stereocenters. The van der Waals surface area contributed by atoms with Gasteiger partial charge >= 0.3 is 0 Å². The van der Waals surface area contributed by atoms with Crippen LogP contribution >= 0.6 is 0 Å². The molecular weight excluding hydrogens is 224 g/mol. The van der Waals surface area contributed by atoms with Crippen LogP contribution in [0.15, 0.2) is 17.0 Å². The largest absolute Gasteiger partial charge is 0.499 e. The maximum Gasteiger partial charge on any atom is 0.102 e. The minimum Gasteiger partial charge on any atom is -0.499 e. The van der Waals surface area contributed by atoms with E-state index < -0.39 is 0 Å². The molecule has 1 rings (SSSR count). The first-order valence-electron chi connectivity index (χ1n) is 7.35. The maximum atomic E-state index is 5.65. The molecule has 0 aromatic heterocycles. The Morgan fingerprint density at radius 1 is 1.50 bits per heavy atom. The van der Waals surface area contributed by atoms with Crippen LogP contribution in [0.25, 0.3) is 0 Å². The number of hydrogen-bond donors (Lipinski definition) is 1. The Morgan fingerprint density at radius 3 is 3.17 bits per heavy atom. The Hall–Kier alpha value is -0.990. The van der Waals surface area contributed by atoms with Crippen LogP contribution in [0.2, 0.25) is 0 Å². The molecule has 1 aliphatic rings. The summed E-state index contributed by atoms with van der Waals surface area (Å²) in [6, 6.07) is 0. The predicted octanol–water partition coefficient (Wildman–Crippen LogP) is 3.52. The van der Waals surface area contributed by atoms with Crippen molar-refractivity contribution >= 4 is 6.21 Å². The second-order valence-electron chi connectivity index (χ2n) is 4.94. The molecule has 0 saturated carbocycles. The van der Waals surface area contributed by atoms with Gasteiger partial charge in [-0.3, -0.25) is 4.99 Å². The molecule has 18 heavy (non-hydrogen) atoms. The van der Waals surface area contributed by atoms with Gasteiger partial charge in [-0.15, -0.1) is 0 Å². The lowest BCUT2D eigenvalue weighted by Crippen LogP contribution is -2.19. The Kier molecular flexibility index (Phi) is 8.36. The predicted molar refractivity (Wildman–Crippen MR) is 77.9 cm³/mol. The van der Waals surface area contributed by atoms with E-state index >= 15 is 0 Å². The fourth-order valence-corrected chi connectivity index (χ4v) is 2.38. The van der Waals surface area contributed by atoms with E-state index in [4.69, 9.17) is 4.74 Å². The lowest BCUT2D eigenvalue weighted by molar-refractivity contribution is 0.205. The highest BCUT2D eigenvalue weighted by atomic mass is 16.5. The lowest BCUT2D eigenvalue weighted by Gasteiger charge is -2.19. The van der Waals surface area contributed by atoms with E-state index in [0.29, 0.717) is 0 Å². The SMILES string of the molecule is CC=NCC/C1=C\OCCC(CCC)CCCN1. The molecule has 0 bridgehead atoms. The van der Waals surface area contributed by atoms with E-state index in [0.717, 1.165) is 32.0 Å². The number of nitrogens with one attached hydrogen (secondary N) is 1. The first-order valence-corrected chi connectivity index (χ1v) is 7.35. The molecule has 0 aromatic carbocycles. The molecule has 0 radical (unpaired) electrons. The summed E-state index contributed by atoms with van der Waals surface area (Å²) in [5, 5.41) is 3.47. The van der Waals surface area contributed by atoms with Crippen LogP contribution in [0, 0.1) is 5.92 Å². The number of hydrogen-bond acceptors (Lipinski definition) is 3. The molecule has 104 valence electrons. The Labute approximate surface area is 112 Å². The summed E-state index contributed by atoms with van der Waals surface area (Å²) in [5.41, 5.74) is 1.19. The molecule has 0 saturated heterocycles. The van der Waals surface area contributed by atoms with Crippen LogP contribution in [0.1, 0.15) is 52.4 Å². The van der Waals surface area contributed by atoms with Gasteiger partial charge in [-0.1, -0.05) is 19.8 Å². The van der Waals surface area contributed by atoms with Crippen LogP contribution in [0.4, 0.5) is 0 Å². The molecule has 1 N–H and O–H groups in total. The third kappa shape index (κ3) is 6.67. The minimum absolute atomic E-state index is 0.844. The van der Waals surface area contributed by atoms with Crippen molar-refractivity contribution in [2.45, 2.75) is 52.4 Å². The van der Waals surface area contributed by atoms with E-state index in [1.54, 1.807) is 0 Å². The highest BCUT2D eigenvalue weighted by Gasteiger charge is 2.09. The lowest BCUT2D eigenvalue weighted by atomic mass is 9.95. The standard InChI is InChI=1S/C15H28N2O/c1-3-6-14-7-5-10-17-15(8-11-16-4-2)13-18-12-9-14/h4,13-14,17H,3,5-12H2,1-2H3/b15-13+,16-4?. The maximum absolute atomic E-state index is 5.65. The Bertz CT molecular complexity index is 261. The summed E-state index contributed by atoms with van der Waals surface area (Å²) >= 11 is 0. The first kappa shape index (κ1) is 15.1. The van der Waals surface area contributed by atoms with Crippen LogP contribution in [0.5, 0.6) is 0 Å². The van der Waals surface area contributed by atoms with Crippen molar-refractivity contribution in [3.05, 3.63) is 12.0 Å². The van der Waals surface area contributed by atoms with E-state index in [-0.39, 0.29) is 0 Å². The topological polar surface area (TPSA) is 33.6 Å². The molecule has 3 heteroatoms. The van der Waals surface area contributed by atoms with Crippen molar-refractivity contribution in [2.24, 2.45) is 10.9 Å². The first-order chi connectivity index (χ1) is 8.86. The van der Waals surface area contributed by atoms with Crippen LogP contribution < -0.4 is 5.32 Å². The van der Waals surface area contributed by atoms with E-state index in [1.165, 1.54) is 37.8 Å². The molecule has 1 aliphatic heterocycles. The summed E-state index contributed by atoms with van der Waals surface area (Å²) in [7, 11) is 0. The van der Waals surface area contributed by atoms with Gasteiger partial charge in [-0.25, -0.2) is 0 Å². The Morgan fingerprint density at radius 2 is 2.39 bits per heavy atom. The van der Waals surface area contributed by atoms with E-state index in [9.17, 15) is 0 Å². The molecule has 0 spiro atoms. The second kappa shape index (κ2) is 9.98. The number of ether oxygens (including phenoxy) is 1. The molecule has 0 aliphatic carbocycles. The average Bonchev–Trinajstić information content (AvgIpc) is 2.39. The van der Waals surface area contributed by atoms with Gasteiger partial charge in [0, 0.05) is 25.2 Å². The third-order valence-corrected chi connectivity index (χ3v) is 3.40. The molecule has 0 aromatic rings. The van der Waals surface area contributed by atoms with Gasteiger partial charge in [0.2, 0.25) is 0 Å². The smallest absolute Gasteiger partial charge is 0.102 e. The van der Waals surface area contributed by atoms with Crippen molar-refractivity contribution < 1.29 is 4.74 Å². The molecular formula is C15H28N2O. The second-order valence-corrected chi connectivity index (χ2v) is 4.94.